The maximum atomic E-state index is 12.0. The van der Waals surface area contributed by atoms with Gasteiger partial charge >= 0.3 is 0 Å². The summed E-state index contributed by atoms with van der Waals surface area (Å²) in [6.07, 6.45) is 0.814. The lowest BCUT2D eigenvalue weighted by Gasteiger charge is -2.10. The van der Waals surface area contributed by atoms with E-state index in [1.54, 1.807) is 0 Å². The van der Waals surface area contributed by atoms with Crippen LogP contribution in [0.2, 0.25) is 0 Å². The molecule has 0 amide bonds. The molecule has 20 heavy (non-hydrogen) atoms. The molecule has 0 saturated carbocycles. The fourth-order valence-corrected chi connectivity index (χ4v) is 1.91. The van der Waals surface area contributed by atoms with Crippen LogP contribution < -0.4 is 4.74 Å². The summed E-state index contributed by atoms with van der Waals surface area (Å²) in [4.78, 5) is 12.0. The van der Waals surface area contributed by atoms with Crippen LogP contribution in [0.3, 0.4) is 0 Å². The number of carbonyl (C=O) groups is 1. The fourth-order valence-electron chi connectivity index (χ4n) is 1.91. The van der Waals surface area contributed by atoms with Crippen LogP contribution in [0.1, 0.15) is 22.8 Å². The number of aryl methyl sites for hydroxylation is 1. The van der Waals surface area contributed by atoms with Crippen molar-refractivity contribution in [2.45, 2.75) is 13.3 Å². The molecule has 0 unspecified atom stereocenters. The molecule has 0 radical (unpaired) electrons. The monoisotopic (exact) mass is 272 g/mol. The predicted octanol–water partition coefficient (Wildman–Crippen LogP) is 2.92. The standard InChI is InChI=1S/C16H16O4/c1-2-11-5-3-4-6-16(11)20-10-15(19)13-8-7-12(17)9-14(13)18/h3-9,17-18H,2,10H2,1H3. The molecule has 0 saturated heterocycles. The van der Waals surface area contributed by atoms with E-state index in [-0.39, 0.29) is 29.5 Å². The van der Waals surface area contributed by atoms with Gasteiger partial charge in [0.1, 0.15) is 17.2 Å². The Bertz CT molecular complexity index is 620. The van der Waals surface area contributed by atoms with Gasteiger partial charge in [0.2, 0.25) is 5.78 Å². The zero-order valence-corrected chi connectivity index (χ0v) is 11.2. The van der Waals surface area contributed by atoms with Gasteiger partial charge in [0.25, 0.3) is 0 Å². The van der Waals surface area contributed by atoms with Gasteiger partial charge in [-0.3, -0.25) is 4.79 Å². The van der Waals surface area contributed by atoms with Crippen molar-refractivity contribution in [2.75, 3.05) is 6.61 Å². The average Bonchev–Trinajstić information content (AvgIpc) is 2.45. The average molecular weight is 272 g/mol. The Morgan fingerprint density at radius 3 is 2.60 bits per heavy atom. The Labute approximate surface area is 117 Å². The van der Waals surface area contributed by atoms with E-state index < -0.39 is 0 Å². The third kappa shape index (κ3) is 3.09. The molecule has 2 N–H and O–H groups in total. The third-order valence-corrected chi connectivity index (χ3v) is 2.99. The first-order valence-corrected chi connectivity index (χ1v) is 6.37. The van der Waals surface area contributed by atoms with E-state index >= 15 is 0 Å². The lowest BCUT2D eigenvalue weighted by Crippen LogP contribution is -2.12. The van der Waals surface area contributed by atoms with E-state index in [1.165, 1.54) is 12.1 Å². The van der Waals surface area contributed by atoms with Gasteiger partial charge in [-0.05, 0) is 30.2 Å². The van der Waals surface area contributed by atoms with E-state index in [2.05, 4.69) is 0 Å². The summed E-state index contributed by atoms with van der Waals surface area (Å²) >= 11 is 0. The lowest BCUT2D eigenvalue weighted by atomic mass is 10.1. The molecule has 2 rings (SSSR count). The van der Waals surface area contributed by atoms with Crippen LogP contribution in [0, 0.1) is 0 Å². The molecule has 4 heteroatoms. The molecule has 4 nitrogen and oxygen atoms in total. The van der Waals surface area contributed by atoms with Gasteiger partial charge in [0.15, 0.2) is 6.61 Å². The Kier molecular flexibility index (Phi) is 4.25. The van der Waals surface area contributed by atoms with Gasteiger partial charge in [-0.25, -0.2) is 0 Å². The van der Waals surface area contributed by atoms with Crippen molar-refractivity contribution in [3.63, 3.8) is 0 Å². The second-order valence-electron chi connectivity index (χ2n) is 4.37. The van der Waals surface area contributed by atoms with Gasteiger partial charge < -0.3 is 14.9 Å². The first-order valence-electron chi connectivity index (χ1n) is 6.37. The summed E-state index contributed by atoms with van der Waals surface area (Å²) in [7, 11) is 0. The number of Topliss-reactive ketones (excluding diaryl/α,β-unsaturated/α-hetero) is 1. The van der Waals surface area contributed by atoms with Gasteiger partial charge in [0, 0.05) is 6.07 Å². The number of hydrogen-bond donors (Lipinski definition) is 2. The molecule has 2 aromatic rings. The molecule has 0 fully saturated rings. The van der Waals surface area contributed by atoms with Crippen LogP contribution in [0.4, 0.5) is 0 Å². The molecule has 0 aliphatic carbocycles. The molecule has 104 valence electrons. The summed E-state index contributed by atoms with van der Waals surface area (Å²) in [6.45, 7) is 1.85. The molecule has 0 aromatic heterocycles. The quantitative estimate of drug-likeness (QED) is 0.821. The Balaban J connectivity index is 2.09. The molecule has 0 atom stereocenters. The van der Waals surface area contributed by atoms with E-state index in [9.17, 15) is 15.0 Å². The van der Waals surface area contributed by atoms with Crippen molar-refractivity contribution < 1.29 is 19.7 Å². The van der Waals surface area contributed by atoms with Crippen LogP contribution in [-0.4, -0.2) is 22.6 Å². The Morgan fingerprint density at radius 2 is 1.90 bits per heavy atom. The highest BCUT2D eigenvalue weighted by Crippen LogP contribution is 2.24. The number of para-hydroxylation sites is 1. The highest BCUT2D eigenvalue weighted by molar-refractivity contribution is 5.99. The third-order valence-electron chi connectivity index (χ3n) is 2.99. The van der Waals surface area contributed by atoms with Gasteiger partial charge in [-0.1, -0.05) is 25.1 Å². The van der Waals surface area contributed by atoms with Gasteiger partial charge in [-0.2, -0.15) is 0 Å². The first kappa shape index (κ1) is 13.9. The first-order chi connectivity index (χ1) is 9.61. The minimum Gasteiger partial charge on any atom is -0.508 e. The van der Waals surface area contributed by atoms with E-state index in [4.69, 9.17) is 4.74 Å². The van der Waals surface area contributed by atoms with E-state index in [0.29, 0.717) is 5.75 Å². The van der Waals surface area contributed by atoms with Crippen molar-refractivity contribution in [1.29, 1.82) is 0 Å². The van der Waals surface area contributed by atoms with Crippen molar-refractivity contribution in [2.24, 2.45) is 0 Å². The smallest absolute Gasteiger partial charge is 0.203 e. The second-order valence-corrected chi connectivity index (χ2v) is 4.37. The van der Waals surface area contributed by atoms with Crippen LogP contribution >= 0.6 is 0 Å². The normalized spacial score (nSPS) is 10.2. The van der Waals surface area contributed by atoms with Crippen molar-refractivity contribution in [3.05, 3.63) is 53.6 Å². The predicted molar refractivity (Wildman–Crippen MR) is 75.4 cm³/mol. The van der Waals surface area contributed by atoms with E-state index in [0.717, 1.165) is 18.1 Å². The number of phenols is 2. The topological polar surface area (TPSA) is 66.8 Å². The molecule has 0 aliphatic heterocycles. The minimum absolute atomic E-state index is 0.0868. The SMILES string of the molecule is CCc1ccccc1OCC(=O)c1ccc(O)cc1O. The zero-order chi connectivity index (χ0) is 14.5. The number of rotatable bonds is 5. The summed E-state index contributed by atoms with van der Waals surface area (Å²) in [5.74, 6) is -0.00584. The van der Waals surface area contributed by atoms with Crippen LogP contribution in [-0.2, 0) is 6.42 Å². The van der Waals surface area contributed by atoms with Crippen LogP contribution in [0.15, 0.2) is 42.5 Å². The summed E-state index contributed by atoms with van der Waals surface area (Å²) < 4.78 is 5.51. The van der Waals surface area contributed by atoms with E-state index in [1.807, 2.05) is 31.2 Å². The number of phenolic OH excluding ortho intramolecular Hbond substituents is 2. The second kappa shape index (κ2) is 6.10. The molecule has 0 spiro atoms. The summed E-state index contributed by atoms with van der Waals surface area (Å²) in [5.41, 5.74) is 1.16. The van der Waals surface area contributed by atoms with Crippen LogP contribution in [0.25, 0.3) is 0 Å². The van der Waals surface area contributed by atoms with Gasteiger partial charge in [-0.15, -0.1) is 0 Å². The lowest BCUT2D eigenvalue weighted by molar-refractivity contribution is 0.0918. The Hall–Kier alpha value is -2.49. The highest BCUT2D eigenvalue weighted by Gasteiger charge is 2.13. The van der Waals surface area contributed by atoms with Crippen molar-refractivity contribution in [1.82, 2.24) is 0 Å². The summed E-state index contributed by atoms with van der Waals surface area (Å²) in [5, 5.41) is 18.8. The maximum Gasteiger partial charge on any atom is 0.203 e. The Morgan fingerprint density at radius 1 is 1.15 bits per heavy atom. The molecule has 0 bridgehead atoms. The molecular weight excluding hydrogens is 256 g/mol. The molecule has 0 heterocycles. The number of carbonyl (C=O) groups excluding carboxylic acids is 1. The summed E-state index contributed by atoms with van der Waals surface area (Å²) in [6, 6.07) is 11.4. The molecular formula is C16H16O4. The molecule has 0 aliphatic rings. The number of ketones is 1. The van der Waals surface area contributed by atoms with Crippen LogP contribution in [0.5, 0.6) is 17.2 Å². The minimum atomic E-state index is -0.339. The van der Waals surface area contributed by atoms with Gasteiger partial charge in [0.05, 0.1) is 5.56 Å². The number of ether oxygens (including phenoxy) is 1. The molecule has 2 aromatic carbocycles. The fraction of sp³-hybridized carbons (Fsp3) is 0.188. The number of benzene rings is 2. The highest BCUT2D eigenvalue weighted by atomic mass is 16.5. The number of aromatic hydroxyl groups is 2. The van der Waals surface area contributed by atoms with Crippen molar-refractivity contribution in [3.8, 4) is 17.2 Å². The largest absolute Gasteiger partial charge is 0.508 e. The van der Waals surface area contributed by atoms with Crippen molar-refractivity contribution >= 4 is 5.78 Å². The number of hydrogen-bond acceptors (Lipinski definition) is 4. The maximum absolute atomic E-state index is 12.0. The zero-order valence-electron chi connectivity index (χ0n) is 11.2.